The molecule has 22 heavy (non-hydrogen) atoms. The van der Waals surface area contributed by atoms with Gasteiger partial charge in [0.05, 0.1) is 36.9 Å². The molecule has 1 aromatic carbocycles. The standard InChI is InChI=1S/C15H13N3O4/c1-22-15(21)10-4-2-9(3-5-10)12-7-18-13(14(20)16-12)6-11(8-19)17-18/h2-7,19H,8H2,1H3,(H,16,20). The molecule has 0 aliphatic heterocycles. The van der Waals surface area contributed by atoms with Crippen molar-refractivity contribution in [3.63, 3.8) is 0 Å². The van der Waals surface area contributed by atoms with Crippen molar-refractivity contribution >= 4 is 11.5 Å². The number of rotatable bonds is 3. The Morgan fingerprint density at radius 3 is 2.73 bits per heavy atom. The highest BCUT2D eigenvalue weighted by Gasteiger charge is 2.09. The number of methoxy groups -OCH3 is 1. The summed E-state index contributed by atoms with van der Waals surface area (Å²) in [6.45, 7) is -0.232. The van der Waals surface area contributed by atoms with Crippen LogP contribution in [0.15, 0.2) is 41.3 Å². The summed E-state index contributed by atoms with van der Waals surface area (Å²) < 4.78 is 6.06. The van der Waals surface area contributed by atoms with E-state index in [0.29, 0.717) is 22.5 Å². The first-order valence-electron chi connectivity index (χ1n) is 6.53. The van der Waals surface area contributed by atoms with Crippen molar-refractivity contribution in [1.29, 1.82) is 0 Å². The second-order valence-corrected chi connectivity index (χ2v) is 4.69. The summed E-state index contributed by atoms with van der Waals surface area (Å²) >= 11 is 0. The number of H-pyrrole nitrogens is 1. The van der Waals surface area contributed by atoms with Gasteiger partial charge in [0.1, 0.15) is 5.52 Å². The maximum Gasteiger partial charge on any atom is 0.337 e. The first-order chi connectivity index (χ1) is 10.6. The number of nitrogens with one attached hydrogen (secondary N) is 1. The van der Waals surface area contributed by atoms with Crippen molar-refractivity contribution in [3.05, 3.63) is 58.1 Å². The number of aromatic amines is 1. The summed E-state index contributed by atoms with van der Waals surface area (Å²) in [5.41, 5.74) is 2.19. The van der Waals surface area contributed by atoms with Gasteiger partial charge in [-0.15, -0.1) is 0 Å². The predicted molar refractivity (Wildman–Crippen MR) is 78.5 cm³/mol. The number of aliphatic hydroxyl groups is 1. The minimum atomic E-state index is -0.421. The van der Waals surface area contributed by atoms with Gasteiger partial charge in [-0.25, -0.2) is 9.31 Å². The number of esters is 1. The molecular formula is C15H13N3O4. The van der Waals surface area contributed by atoms with Gasteiger partial charge >= 0.3 is 5.97 Å². The zero-order chi connectivity index (χ0) is 15.7. The van der Waals surface area contributed by atoms with Crippen LogP contribution in [0.5, 0.6) is 0 Å². The molecule has 0 amide bonds. The Morgan fingerprint density at radius 1 is 1.36 bits per heavy atom. The van der Waals surface area contributed by atoms with Gasteiger partial charge in [-0.05, 0) is 23.8 Å². The van der Waals surface area contributed by atoms with Gasteiger partial charge in [0, 0.05) is 0 Å². The van der Waals surface area contributed by atoms with Crippen molar-refractivity contribution in [2.24, 2.45) is 0 Å². The van der Waals surface area contributed by atoms with Crippen LogP contribution >= 0.6 is 0 Å². The second-order valence-electron chi connectivity index (χ2n) is 4.69. The molecule has 0 saturated heterocycles. The van der Waals surface area contributed by atoms with Gasteiger partial charge in [0.2, 0.25) is 0 Å². The lowest BCUT2D eigenvalue weighted by Gasteiger charge is -2.04. The third kappa shape index (κ3) is 2.38. The smallest absolute Gasteiger partial charge is 0.337 e. The molecule has 2 heterocycles. The number of carbonyl (C=O) groups excluding carboxylic acids is 1. The average Bonchev–Trinajstić information content (AvgIpc) is 2.98. The Labute approximate surface area is 124 Å². The number of nitrogens with zero attached hydrogens (tertiary/aromatic N) is 2. The monoisotopic (exact) mass is 299 g/mol. The summed E-state index contributed by atoms with van der Waals surface area (Å²) in [4.78, 5) is 26.2. The molecular weight excluding hydrogens is 286 g/mol. The van der Waals surface area contributed by atoms with Gasteiger partial charge in [0.25, 0.3) is 5.56 Å². The van der Waals surface area contributed by atoms with Crippen molar-refractivity contribution in [3.8, 4) is 11.3 Å². The molecule has 112 valence electrons. The third-order valence-corrected chi connectivity index (χ3v) is 3.30. The molecule has 7 nitrogen and oxygen atoms in total. The van der Waals surface area contributed by atoms with Crippen molar-refractivity contribution in [1.82, 2.24) is 14.6 Å². The number of hydrogen-bond acceptors (Lipinski definition) is 5. The lowest BCUT2D eigenvalue weighted by atomic mass is 10.1. The number of carbonyl (C=O) groups is 1. The largest absolute Gasteiger partial charge is 0.465 e. The first kappa shape index (κ1) is 14.0. The van der Waals surface area contributed by atoms with E-state index >= 15 is 0 Å². The van der Waals surface area contributed by atoms with Gasteiger partial charge in [0.15, 0.2) is 0 Å². The fraction of sp³-hybridized carbons (Fsp3) is 0.133. The van der Waals surface area contributed by atoms with E-state index in [2.05, 4.69) is 14.8 Å². The maximum atomic E-state index is 12.1. The fourth-order valence-electron chi connectivity index (χ4n) is 2.18. The molecule has 0 unspecified atom stereocenters. The van der Waals surface area contributed by atoms with E-state index in [-0.39, 0.29) is 12.2 Å². The lowest BCUT2D eigenvalue weighted by molar-refractivity contribution is 0.0601. The number of aromatic nitrogens is 3. The number of aliphatic hydroxyl groups excluding tert-OH is 1. The molecule has 2 aromatic heterocycles. The highest BCUT2D eigenvalue weighted by Crippen LogP contribution is 2.17. The summed E-state index contributed by atoms with van der Waals surface area (Å²) in [5.74, 6) is -0.421. The zero-order valence-electron chi connectivity index (χ0n) is 11.7. The van der Waals surface area contributed by atoms with Crippen LogP contribution in [0.25, 0.3) is 16.8 Å². The molecule has 0 atom stereocenters. The van der Waals surface area contributed by atoms with Crippen LogP contribution in [0.2, 0.25) is 0 Å². The van der Waals surface area contributed by atoms with E-state index in [0.717, 1.165) is 5.56 Å². The Hall–Kier alpha value is -2.93. The van der Waals surface area contributed by atoms with Crippen LogP contribution in [0.3, 0.4) is 0 Å². The highest BCUT2D eigenvalue weighted by atomic mass is 16.5. The number of benzene rings is 1. The molecule has 0 aliphatic rings. The fourth-order valence-corrected chi connectivity index (χ4v) is 2.18. The van der Waals surface area contributed by atoms with Crippen molar-refractivity contribution in [2.75, 3.05) is 7.11 Å². The van der Waals surface area contributed by atoms with Crippen LogP contribution in [-0.2, 0) is 11.3 Å². The minimum absolute atomic E-state index is 0.232. The molecule has 0 bridgehead atoms. The van der Waals surface area contributed by atoms with Gasteiger partial charge in [-0.3, -0.25) is 4.79 Å². The highest BCUT2D eigenvalue weighted by molar-refractivity contribution is 5.89. The molecule has 0 fully saturated rings. The van der Waals surface area contributed by atoms with Gasteiger partial charge in [-0.2, -0.15) is 5.10 Å². The van der Waals surface area contributed by atoms with E-state index in [4.69, 9.17) is 5.11 Å². The average molecular weight is 299 g/mol. The Bertz CT molecular complexity index is 893. The van der Waals surface area contributed by atoms with Crippen molar-refractivity contribution < 1.29 is 14.6 Å². The Balaban J connectivity index is 2.06. The predicted octanol–water partition coefficient (Wildman–Crippen LogP) is 0.968. The summed E-state index contributed by atoms with van der Waals surface area (Å²) in [6, 6.07) is 8.18. The second kappa shape index (κ2) is 5.45. The Kier molecular flexibility index (Phi) is 3.48. The van der Waals surface area contributed by atoms with Crippen LogP contribution < -0.4 is 5.56 Å². The summed E-state index contributed by atoms with van der Waals surface area (Å²) in [5, 5.41) is 13.2. The zero-order valence-corrected chi connectivity index (χ0v) is 11.7. The van der Waals surface area contributed by atoms with Crippen LogP contribution in [0, 0.1) is 0 Å². The van der Waals surface area contributed by atoms with Gasteiger partial charge in [-0.1, -0.05) is 12.1 Å². The number of ether oxygens (including phenoxy) is 1. The van der Waals surface area contributed by atoms with E-state index in [9.17, 15) is 9.59 Å². The lowest BCUT2D eigenvalue weighted by Crippen LogP contribution is -2.10. The molecule has 3 aromatic rings. The van der Waals surface area contributed by atoms with E-state index < -0.39 is 5.97 Å². The van der Waals surface area contributed by atoms with E-state index in [1.165, 1.54) is 17.7 Å². The normalized spacial score (nSPS) is 10.8. The molecule has 2 N–H and O–H groups in total. The SMILES string of the molecule is COC(=O)c1ccc(-c2cn3nc(CO)cc3c(=O)[nH]2)cc1. The maximum absolute atomic E-state index is 12.1. The summed E-state index contributed by atoms with van der Waals surface area (Å²) in [6.07, 6.45) is 1.66. The van der Waals surface area contributed by atoms with Crippen LogP contribution in [-0.4, -0.2) is 32.8 Å². The topological polar surface area (TPSA) is 96.7 Å². The number of hydrogen-bond donors (Lipinski definition) is 2. The number of fused-ring (bicyclic) bond motifs is 1. The molecule has 0 radical (unpaired) electrons. The van der Waals surface area contributed by atoms with Crippen molar-refractivity contribution in [2.45, 2.75) is 6.61 Å². The van der Waals surface area contributed by atoms with Crippen LogP contribution in [0.1, 0.15) is 16.1 Å². The summed E-state index contributed by atoms with van der Waals surface area (Å²) in [7, 11) is 1.32. The van der Waals surface area contributed by atoms with E-state index in [1.807, 2.05) is 0 Å². The molecule has 0 saturated carbocycles. The van der Waals surface area contributed by atoms with E-state index in [1.54, 1.807) is 30.5 Å². The van der Waals surface area contributed by atoms with Crippen LogP contribution in [0.4, 0.5) is 0 Å². The minimum Gasteiger partial charge on any atom is -0.465 e. The molecule has 0 spiro atoms. The molecule has 3 rings (SSSR count). The third-order valence-electron chi connectivity index (χ3n) is 3.30. The molecule has 7 heteroatoms. The first-order valence-corrected chi connectivity index (χ1v) is 6.53. The quantitative estimate of drug-likeness (QED) is 0.702. The van der Waals surface area contributed by atoms with Gasteiger partial charge < -0.3 is 14.8 Å². The molecule has 0 aliphatic carbocycles. The Morgan fingerprint density at radius 2 is 2.09 bits per heavy atom.